The summed E-state index contributed by atoms with van der Waals surface area (Å²) in [4.78, 5) is 36.4. The minimum Gasteiger partial charge on any atom is -0.494 e. The Kier molecular flexibility index (Phi) is 8.48. The molecule has 0 aliphatic rings. The molecule has 28 heavy (non-hydrogen) atoms. The van der Waals surface area contributed by atoms with Crippen molar-refractivity contribution in [2.24, 2.45) is 0 Å². The highest BCUT2D eigenvalue weighted by Crippen LogP contribution is 2.18. The van der Waals surface area contributed by atoms with Crippen molar-refractivity contribution < 1.29 is 23.9 Å². The fraction of sp³-hybridized carbons (Fsp3) is 0.350. The molecule has 2 aromatic rings. The third-order valence-corrected chi connectivity index (χ3v) is 4.66. The van der Waals surface area contributed by atoms with Crippen LogP contribution < -0.4 is 20.3 Å². The summed E-state index contributed by atoms with van der Waals surface area (Å²) in [6.45, 7) is 4.05. The molecule has 0 fully saturated rings. The van der Waals surface area contributed by atoms with E-state index in [1.165, 1.54) is 11.3 Å². The zero-order valence-corrected chi connectivity index (χ0v) is 16.7. The Morgan fingerprint density at radius 1 is 1.04 bits per heavy atom. The van der Waals surface area contributed by atoms with Crippen LogP contribution in [0, 0.1) is 0 Å². The first-order chi connectivity index (χ1) is 13.5. The summed E-state index contributed by atoms with van der Waals surface area (Å²) in [5.41, 5.74) is 4.67. The smallest absolute Gasteiger partial charge is 0.279 e. The molecule has 0 spiro atoms. The number of ether oxygens (including phenoxy) is 2. The number of hydrogen-bond acceptors (Lipinski definition) is 6. The molecule has 150 valence electrons. The number of Topliss-reactive ketones (excluding diaryl/α,β-unsaturated/α-hetero) is 1. The van der Waals surface area contributed by atoms with Crippen molar-refractivity contribution in [3.63, 3.8) is 0 Å². The van der Waals surface area contributed by atoms with E-state index in [1.54, 1.807) is 37.3 Å². The fourth-order valence-electron chi connectivity index (χ4n) is 2.30. The van der Waals surface area contributed by atoms with Crippen LogP contribution in [0.1, 0.15) is 42.8 Å². The normalized spacial score (nSPS) is 11.4. The number of amides is 2. The molecule has 2 N–H and O–H groups in total. The van der Waals surface area contributed by atoms with E-state index in [-0.39, 0.29) is 18.1 Å². The van der Waals surface area contributed by atoms with Gasteiger partial charge in [0.25, 0.3) is 5.91 Å². The van der Waals surface area contributed by atoms with E-state index >= 15 is 0 Å². The minimum atomic E-state index is -0.793. The Bertz CT molecular complexity index is 774. The Hall–Kier alpha value is -2.87. The zero-order valence-electron chi connectivity index (χ0n) is 15.9. The number of thiophene rings is 1. The number of hydrogen-bond donors (Lipinski definition) is 2. The van der Waals surface area contributed by atoms with E-state index in [2.05, 4.69) is 10.9 Å². The number of rotatable bonds is 10. The van der Waals surface area contributed by atoms with Gasteiger partial charge in [-0.2, -0.15) is 0 Å². The molecule has 1 aromatic carbocycles. The van der Waals surface area contributed by atoms with E-state index in [0.717, 1.165) is 5.75 Å². The van der Waals surface area contributed by atoms with Crippen molar-refractivity contribution in [2.75, 3.05) is 6.61 Å². The molecule has 2 rings (SSSR count). The van der Waals surface area contributed by atoms with Crippen molar-refractivity contribution in [3.8, 4) is 11.5 Å². The fourth-order valence-corrected chi connectivity index (χ4v) is 3.00. The van der Waals surface area contributed by atoms with Crippen molar-refractivity contribution in [1.29, 1.82) is 0 Å². The molecule has 1 aromatic heterocycles. The summed E-state index contributed by atoms with van der Waals surface area (Å²) in [5.74, 6) is 0.419. The lowest BCUT2D eigenvalue weighted by atomic mass is 10.1. The molecule has 1 heterocycles. The molecule has 0 radical (unpaired) electrons. The Morgan fingerprint density at radius 3 is 2.39 bits per heavy atom. The van der Waals surface area contributed by atoms with Crippen LogP contribution in [0.25, 0.3) is 0 Å². The van der Waals surface area contributed by atoms with Crippen molar-refractivity contribution in [3.05, 3.63) is 46.7 Å². The van der Waals surface area contributed by atoms with Gasteiger partial charge in [-0.25, -0.2) is 0 Å². The van der Waals surface area contributed by atoms with Gasteiger partial charge in [0.1, 0.15) is 11.5 Å². The van der Waals surface area contributed by atoms with Gasteiger partial charge in [-0.05, 0) is 56.0 Å². The van der Waals surface area contributed by atoms with Gasteiger partial charge in [-0.3, -0.25) is 25.2 Å². The summed E-state index contributed by atoms with van der Waals surface area (Å²) >= 11 is 1.38. The first kappa shape index (κ1) is 21.4. The average Bonchev–Trinajstić information content (AvgIpc) is 3.22. The van der Waals surface area contributed by atoms with Crippen LogP contribution in [0.3, 0.4) is 0 Å². The molecule has 0 saturated heterocycles. The van der Waals surface area contributed by atoms with Gasteiger partial charge in [-0.1, -0.05) is 6.07 Å². The van der Waals surface area contributed by atoms with Crippen LogP contribution >= 0.6 is 11.3 Å². The number of nitrogens with one attached hydrogen (secondary N) is 2. The summed E-state index contributed by atoms with van der Waals surface area (Å²) < 4.78 is 10.9. The maximum absolute atomic E-state index is 12.0. The van der Waals surface area contributed by atoms with Gasteiger partial charge in [0.05, 0.1) is 11.5 Å². The molecular formula is C20H24N2O5S. The monoisotopic (exact) mass is 404 g/mol. The topological polar surface area (TPSA) is 93.7 Å². The number of ketones is 1. The second-order valence-electron chi connectivity index (χ2n) is 5.96. The van der Waals surface area contributed by atoms with Crippen LogP contribution in [-0.4, -0.2) is 30.3 Å². The number of hydrazine groups is 1. The highest BCUT2D eigenvalue weighted by Gasteiger charge is 2.16. The first-order valence-corrected chi connectivity index (χ1v) is 9.92. The van der Waals surface area contributed by atoms with E-state index in [0.29, 0.717) is 30.1 Å². The van der Waals surface area contributed by atoms with Gasteiger partial charge in [0.15, 0.2) is 11.9 Å². The number of carbonyl (C=O) groups is 3. The van der Waals surface area contributed by atoms with E-state index < -0.39 is 12.0 Å². The van der Waals surface area contributed by atoms with E-state index in [4.69, 9.17) is 9.47 Å². The number of benzene rings is 1. The maximum Gasteiger partial charge on any atom is 0.279 e. The Morgan fingerprint density at radius 2 is 1.75 bits per heavy atom. The molecule has 0 aliphatic heterocycles. The van der Waals surface area contributed by atoms with E-state index in [1.807, 2.05) is 18.4 Å². The third kappa shape index (κ3) is 7.03. The van der Waals surface area contributed by atoms with E-state index in [9.17, 15) is 14.4 Å². The lowest BCUT2D eigenvalue weighted by Crippen LogP contribution is -2.47. The zero-order chi connectivity index (χ0) is 20.4. The highest BCUT2D eigenvalue weighted by atomic mass is 32.1. The molecule has 7 nitrogen and oxygen atoms in total. The molecule has 1 atom stereocenters. The molecule has 0 bridgehead atoms. The average molecular weight is 404 g/mol. The first-order valence-electron chi connectivity index (χ1n) is 9.04. The Labute approximate surface area is 168 Å². The summed E-state index contributed by atoms with van der Waals surface area (Å²) in [5, 5.41) is 1.84. The van der Waals surface area contributed by atoms with Crippen molar-refractivity contribution in [2.45, 2.75) is 39.2 Å². The summed E-state index contributed by atoms with van der Waals surface area (Å²) in [7, 11) is 0. The lowest BCUT2D eigenvalue weighted by molar-refractivity contribution is -0.132. The summed E-state index contributed by atoms with van der Waals surface area (Å²) in [6.07, 6.45) is 0.0556. The van der Waals surface area contributed by atoms with Crippen LogP contribution in [-0.2, 0) is 9.59 Å². The second kappa shape index (κ2) is 11.1. The predicted octanol–water partition coefficient (Wildman–Crippen LogP) is 3.11. The molecule has 2 amide bonds. The van der Waals surface area contributed by atoms with Gasteiger partial charge < -0.3 is 9.47 Å². The van der Waals surface area contributed by atoms with Gasteiger partial charge >= 0.3 is 0 Å². The lowest BCUT2D eigenvalue weighted by Gasteiger charge is -2.15. The largest absolute Gasteiger partial charge is 0.494 e. The predicted molar refractivity (Wildman–Crippen MR) is 106 cm³/mol. The Balaban J connectivity index is 1.66. The van der Waals surface area contributed by atoms with Crippen molar-refractivity contribution in [1.82, 2.24) is 10.9 Å². The summed E-state index contributed by atoms with van der Waals surface area (Å²) in [6, 6.07) is 10.5. The SMILES string of the molecule is CCOc1ccc(OC(C)C(=O)NNC(=O)CCCC(=O)c2cccs2)cc1. The second-order valence-corrected chi connectivity index (χ2v) is 6.90. The minimum absolute atomic E-state index is 0.0178. The molecule has 1 unspecified atom stereocenters. The molecular weight excluding hydrogens is 380 g/mol. The van der Waals surface area contributed by atoms with Crippen LogP contribution in [0.4, 0.5) is 0 Å². The van der Waals surface area contributed by atoms with Gasteiger partial charge in [0, 0.05) is 12.8 Å². The quantitative estimate of drug-likeness (QED) is 0.469. The van der Waals surface area contributed by atoms with Crippen LogP contribution in [0.2, 0.25) is 0 Å². The molecule has 8 heteroatoms. The molecule has 0 aliphatic carbocycles. The van der Waals surface area contributed by atoms with Gasteiger partial charge in [-0.15, -0.1) is 11.3 Å². The number of carbonyl (C=O) groups excluding carboxylic acids is 3. The third-order valence-electron chi connectivity index (χ3n) is 3.75. The van der Waals surface area contributed by atoms with Crippen LogP contribution in [0.15, 0.2) is 41.8 Å². The highest BCUT2D eigenvalue weighted by molar-refractivity contribution is 7.12. The van der Waals surface area contributed by atoms with Crippen LogP contribution in [0.5, 0.6) is 11.5 Å². The standard InChI is InChI=1S/C20H24N2O5S/c1-3-26-15-9-11-16(12-10-15)27-14(2)20(25)22-21-19(24)8-4-6-17(23)18-7-5-13-28-18/h5,7,9-14H,3-4,6,8H2,1-2H3,(H,21,24)(H,22,25). The molecule has 0 saturated carbocycles. The van der Waals surface area contributed by atoms with Gasteiger partial charge in [0.2, 0.25) is 5.91 Å². The maximum atomic E-state index is 12.0. The van der Waals surface area contributed by atoms with Crippen molar-refractivity contribution >= 4 is 28.9 Å².